The molecule has 1 heterocycles. The molecule has 27 heavy (non-hydrogen) atoms. The van der Waals surface area contributed by atoms with Gasteiger partial charge < -0.3 is 14.8 Å². The molecule has 0 unspecified atom stereocenters. The zero-order chi connectivity index (χ0) is 19.4. The van der Waals surface area contributed by atoms with Gasteiger partial charge in [0, 0.05) is 24.4 Å². The molecule has 3 aromatic rings. The molecule has 0 fully saturated rings. The topological polar surface area (TPSA) is 65.4 Å². The molecule has 0 atom stereocenters. The zero-order valence-electron chi connectivity index (χ0n) is 14.6. The Bertz CT molecular complexity index is 957. The van der Waals surface area contributed by atoms with Gasteiger partial charge >= 0.3 is 6.61 Å². The minimum absolute atomic E-state index is 0.0372. The Labute approximate surface area is 154 Å². The number of alkyl halides is 2. The minimum Gasteiger partial charge on any atom is -0.497 e. The summed E-state index contributed by atoms with van der Waals surface area (Å²) >= 11 is 0. The van der Waals surface area contributed by atoms with Gasteiger partial charge in [-0.3, -0.25) is 9.48 Å². The van der Waals surface area contributed by atoms with E-state index in [9.17, 15) is 13.6 Å². The van der Waals surface area contributed by atoms with Gasteiger partial charge in [0.25, 0.3) is 5.91 Å². The zero-order valence-corrected chi connectivity index (χ0v) is 14.6. The van der Waals surface area contributed by atoms with E-state index < -0.39 is 12.5 Å². The Hall–Kier alpha value is -3.42. The highest BCUT2D eigenvalue weighted by Gasteiger charge is 2.15. The van der Waals surface area contributed by atoms with Gasteiger partial charge in [0.2, 0.25) is 0 Å². The Morgan fingerprint density at radius 2 is 1.85 bits per heavy atom. The molecule has 0 aliphatic carbocycles. The number of nitrogens with zero attached hydrogens (tertiary/aromatic N) is 2. The summed E-state index contributed by atoms with van der Waals surface area (Å²) in [4.78, 5) is 12.6. The van der Waals surface area contributed by atoms with Gasteiger partial charge in [0.1, 0.15) is 17.2 Å². The van der Waals surface area contributed by atoms with Crippen molar-refractivity contribution < 1.29 is 23.0 Å². The second-order valence-corrected chi connectivity index (χ2v) is 5.63. The predicted molar refractivity (Wildman–Crippen MR) is 96.2 cm³/mol. The van der Waals surface area contributed by atoms with Crippen LogP contribution in [0.5, 0.6) is 11.5 Å². The summed E-state index contributed by atoms with van der Waals surface area (Å²) in [7, 11) is 3.22. The van der Waals surface area contributed by atoms with Crippen molar-refractivity contribution in [2.45, 2.75) is 6.61 Å². The molecule has 0 saturated heterocycles. The maximum absolute atomic E-state index is 12.6. The number of amides is 1. The lowest BCUT2D eigenvalue weighted by Crippen LogP contribution is -2.16. The van der Waals surface area contributed by atoms with E-state index in [0.29, 0.717) is 22.8 Å². The van der Waals surface area contributed by atoms with Gasteiger partial charge in [-0.2, -0.15) is 13.9 Å². The van der Waals surface area contributed by atoms with Crippen LogP contribution < -0.4 is 14.8 Å². The standard InChI is InChI=1S/C19H17F2N3O3/c1-24-17(11-16(23-24)12-5-3-7-14(9-12)26-2)18(25)22-13-6-4-8-15(10-13)27-19(20)21/h3-11,19H,1-2H3,(H,22,25). The smallest absolute Gasteiger partial charge is 0.387 e. The summed E-state index contributed by atoms with van der Waals surface area (Å²) in [6, 6.07) is 14.8. The normalized spacial score (nSPS) is 10.7. The SMILES string of the molecule is COc1cccc(-c2cc(C(=O)Nc3cccc(OC(F)F)c3)n(C)n2)c1. The minimum atomic E-state index is -2.93. The van der Waals surface area contributed by atoms with Crippen LogP contribution in [0.2, 0.25) is 0 Å². The summed E-state index contributed by atoms with van der Waals surface area (Å²) in [5, 5.41) is 7.00. The number of rotatable bonds is 6. The number of nitrogens with one attached hydrogen (secondary N) is 1. The van der Waals surface area contributed by atoms with Gasteiger partial charge in [-0.05, 0) is 30.3 Å². The van der Waals surface area contributed by atoms with Gasteiger partial charge in [0.15, 0.2) is 0 Å². The highest BCUT2D eigenvalue weighted by atomic mass is 19.3. The summed E-state index contributed by atoms with van der Waals surface area (Å²) in [5.41, 5.74) is 2.06. The number of ether oxygens (including phenoxy) is 2. The van der Waals surface area contributed by atoms with E-state index in [1.54, 1.807) is 26.3 Å². The highest BCUT2D eigenvalue weighted by Crippen LogP contribution is 2.24. The van der Waals surface area contributed by atoms with Crippen molar-refractivity contribution in [1.29, 1.82) is 0 Å². The van der Waals surface area contributed by atoms with Crippen LogP contribution in [0, 0.1) is 0 Å². The van der Waals surface area contributed by atoms with Crippen LogP contribution in [0.25, 0.3) is 11.3 Å². The van der Waals surface area contributed by atoms with Crippen molar-refractivity contribution in [2.75, 3.05) is 12.4 Å². The van der Waals surface area contributed by atoms with Crippen LogP contribution in [0.15, 0.2) is 54.6 Å². The van der Waals surface area contributed by atoms with E-state index in [1.807, 2.05) is 24.3 Å². The van der Waals surface area contributed by atoms with Crippen LogP contribution in [0.3, 0.4) is 0 Å². The Balaban J connectivity index is 1.80. The number of anilines is 1. The molecule has 0 spiro atoms. The molecular weight excluding hydrogens is 356 g/mol. The number of methoxy groups -OCH3 is 1. The van der Waals surface area contributed by atoms with Crippen molar-refractivity contribution in [3.63, 3.8) is 0 Å². The number of carbonyl (C=O) groups is 1. The molecule has 0 aliphatic rings. The number of halogens is 2. The van der Waals surface area contributed by atoms with E-state index in [0.717, 1.165) is 5.56 Å². The first-order valence-corrected chi connectivity index (χ1v) is 8.01. The first kappa shape index (κ1) is 18.4. The van der Waals surface area contributed by atoms with Crippen LogP contribution in [-0.4, -0.2) is 29.4 Å². The van der Waals surface area contributed by atoms with Crippen LogP contribution >= 0.6 is 0 Å². The molecule has 1 amide bonds. The third kappa shape index (κ3) is 4.41. The van der Waals surface area contributed by atoms with Crippen molar-refractivity contribution in [2.24, 2.45) is 7.05 Å². The van der Waals surface area contributed by atoms with Gasteiger partial charge in [0.05, 0.1) is 12.8 Å². The lowest BCUT2D eigenvalue weighted by atomic mass is 10.1. The Morgan fingerprint density at radius 3 is 2.59 bits per heavy atom. The lowest BCUT2D eigenvalue weighted by molar-refractivity contribution is -0.0497. The number of aryl methyl sites for hydroxylation is 1. The molecule has 0 bridgehead atoms. The molecule has 6 nitrogen and oxygen atoms in total. The summed E-state index contributed by atoms with van der Waals surface area (Å²) < 4.78 is 35.6. The van der Waals surface area contributed by atoms with Crippen LogP contribution in [-0.2, 0) is 7.05 Å². The van der Waals surface area contributed by atoms with E-state index in [2.05, 4.69) is 15.2 Å². The third-order valence-electron chi connectivity index (χ3n) is 3.80. The molecule has 140 valence electrons. The molecule has 2 aromatic carbocycles. The van der Waals surface area contributed by atoms with Crippen LogP contribution in [0.1, 0.15) is 10.5 Å². The van der Waals surface area contributed by atoms with E-state index >= 15 is 0 Å². The molecular formula is C19H17F2N3O3. The molecule has 0 aliphatic heterocycles. The Kier molecular flexibility index (Phi) is 5.35. The number of hydrogen-bond donors (Lipinski definition) is 1. The second kappa shape index (κ2) is 7.86. The van der Waals surface area contributed by atoms with Gasteiger partial charge in [-0.15, -0.1) is 0 Å². The third-order valence-corrected chi connectivity index (χ3v) is 3.80. The number of aromatic nitrogens is 2. The lowest BCUT2D eigenvalue weighted by Gasteiger charge is -2.08. The molecule has 3 rings (SSSR count). The largest absolute Gasteiger partial charge is 0.497 e. The van der Waals surface area contributed by atoms with Crippen molar-refractivity contribution in [3.05, 3.63) is 60.3 Å². The fourth-order valence-corrected chi connectivity index (χ4v) is 2.55. The predicted octanol–water partition coefficient (Wildman–Crippen LogP) is 3.95. The summed E-state index contributed by atoms with van der Waals surface area (Å²) in [5.74, 6) is 0.221. The fourth-order valence-electron chi connectivity index (χ4n) is 2.55. The number of hydrogen-bond acceptors (Lipinski definition) is 4. The van der Waals surface area contributed by atoms with Crippen LogP contribution in [0.4, 0.5) is 14.5 Å². The summed E-state index contributed by atoms with van der Waals surface area (Å²) in [6.45, 7) is -2.93. The highest BCUT2D eigenvalue weighted by molar-refractivity contribution is 6.03. The maximum atomic E-state index is 12.6. The maximum Gasteiger partial charge on any atom is 0.387 e. The monoisotopic (exact) mass is 373 g/mol. The summed E-state index contributed by atoms with van der Waals surface area (Å²) in [6.07, 6.45) is 0. The van der Waals surface area contributed by atoms with E-state index in [-0.39, 0.29) is 5.75 Å². The first-order chi connectivity index (χ1) is 13.0. The molecule has 0 saturated carbocycles. The average Bonchev–Trinajstić information content (AvgIpc) is 3.03. The van der Waals surface area contributed by atoms with E-state index in [1.165, 1.54) is 22.9 Å². The molecule has 0 radical (unpaired) electrons. The quantitative estimate of drug-likeness (QED) is 0.711. The molecule has 8 heteroatoms. The number of carbonyl (C=O) groups excluding carboxylic acids is 1. The van der Waals surface area contributed by atoms with Crippen molar-refractivity contribution in [1.82, 2.24) is 9.78 Å². The molecule has 1 aromatic heterocycles. The first-order valence-electron chi connectivity index (χ1n) is 8.01. The average molecular weight is 373 g/mol. The molecule has 1 N–H and O–H groups in total. The van der Waals surface area contributed by atoms with Crippen molar-refractivity contribution in [3.8, 4) is 22.8 Å². The second-order valence-electron chi connectivity index (χ2n) is 5.63. The van der Waals surface area contributed by atoms with Crippen molar-refractivity contribution >= 4 is 11.6 Å². The number of benzene rings is 2. The van der Waals surface area contributed by atoms with E-state index in [4.69, 9.17) is 4.74 Å². The fraction of sp³-hybridized carbons (Fsp3) is 0.158. The van der Waals surface area contributed by atoms with Gasteiger partial charge in [-0.1, -0.05) is 18.2 Å². The van der Waals surface area contributed by atoms with Gasteiger partial charge in [-0.25, -0.2) is 0 Å². The Morgan fingerprint density at radius 1 is 1.11 bits per heavy atom.